The zero-order valence-corrected chi connectivity index (χ0v) is 16.0. The van der Waals surface area contributed by atoms with Gasteiger partial charge in [-0.25, -0.2) is 14.2 Å². The first kappa shape index (κ1) is 19.6. The van der Waals surface area contributed by atoms with E-state index in [4.69, 9.17) is 9.26 Å². The van der Waals surface area contributed by atoms with Crippen LogP contribution in [0, 0.1) is 12.7 Å². The second-order valence-electron chi connectivity index (χ2n) is 5.72. The highest BCUT2D eigenvalue weighted by molar-refractivity contribution is 7.17. The molecule has 1 amide bonds. The van der Waals surface area contributed by atoms with Crippen molar-refractivity contribution in [2.75, 3.05) is 11.9 Å². The molecule has 10 heteroatoms. The molecular weight excluding hydrogens is 387 g/mol. The number of nitrogens with one attached hydrogen (secondary N) is 1. The number of carbonyl (C=O) groups is 2. The van der Waals surface area contributed by atoms with E-state index >= 15 is 0 Å². The predicted molar refractivity (Wildman–Crippen MR) is 99.5 cm³/mol. The van der Waals surface area contributed by atoms with Gasteiger partial charge in [0.25, 0.3) is 0 Å². The van der Waals surface area contributed by atoms with Crippen LogP contribution >= 0.6 is 11.3 Å². The van der Waals surface area contributed by atoms with Gasteiger partial charge in [-0.05, 0) is 38.1 Å². The molecule has 0 aliphatic rings. The molecule has 3 rings (SSSR count). The number of hydrogen-bond donors (Lipinski definition) is 1. The molecule has 0 aliphatic heterocycles. The zero-order valence-electron chi connectivity index (χ0n) is 15.2. The summed E-state index contributed by atoms with van der Waals surface area (Å²) in [6.45, 7) is 3.66. The number of benzene rings is 1. The van der Waals surface area contributed by atoms with E-state index in [1.807, 2.05) is 0 Å². The zero-order chi connectivity index (χ0) is 20.1. The molecule has 146 valence electrons. The maximum Gasteiger partial charge on any atom is 0.350 e. The summed E-state index contributed by atoms with van der Waals surface area (Å²) in [5, 5.41) is 6.79. The van der Waals surface area contributed by atoms with Crippen LogP contribution in [0.25, 0.3) is 11.4 Å². The van der Waals surface area contributed by atoms with Crippen LogP contribution in [0.5, 0.6) is 0 Å². The van der Waals surface area contributed by atoms with E-state index in [1.54, 1.807) is 26.0 Å². The number of thiazole rings is 1. The van der Waals surface area contributed by atoms with Crippen LogP contribution in [0.4, 0.5) is 9.52 Å². The van der Waals surface area contributed by atoms with Gasteiger partial charge in [0, 0.05) is 18.4 Å². The van der Waals surface area contributed by atoms with Crippen molar-refractivity contribution in [3.8, 4) is 11.4 Å². The van der Waals surface area contributed by atoms with Crippen molar-refractivity contribution in [2.24, 2.45) is 0 Å². The first-order chi connectivity index (χ1) is 13.5. The number of nitrogens with zero attached hydrogens (tertiary/aromatic N) is 3. The minimum Gasteiger partial charge on any atom is -0.462 e. The molecule has 2 heterocycles. The number of halogens is 1. The van der Waals surface area contributed by atoms with Crippen LogP contribution in [-0.4, -0.2) is 33.6 Å². The summed E-state index contributed by atoms with van der Waals surface area (Å²) in [6.07, 6.45) is 0.327. The Labute approximate surface area is 163 Å². The smallest absolute Gasteiger partial charge is 0.350 e. The standard InChI is InChI=1S/C18H17FN4O4S/c1-3-26-17(25)15-10(2)20-18(28-15)21-13(24)8-9-14-22-16(23-27-14)11-4-6-12(19)7-5-11/h4-7H,3,8-9H2,1-2H3,(H,20,21,24). The van der Waals surface area contributed by atoms with Gasteiger partial charge in [0.05, 0.1) is 12.3 Å². The van der Waals surface area contributed by atoms with Crippen molar-refractivity contribution >= 4 is 28.3 Å². The summed E-state index contributed by atoms with van der Waals surface area (Å²) in [4.78, 5) is 32.6. The van der Waals surface area contributed by atoms with Gasteiger partial charge in [-0.1, -0.05) is 16.5 Å². The molecule has 28 heavy (non-hydrogen) atoms. The Balaban J connectivity index is 1.56. The SMILES string of the molecule is CCOC(=O)c1sc(NC(=O)CCc2nc(-c3ccc(F)cc3)no2)nc1C. The fraction of sp³-hybridized carbons (Fsp3) is 0.278. The van der Waals surface area contributed by atoms with Gasteiger partial charge in [-0.15, -0.1) is 0 Å². The molecule has 1 aromatic carbocycles. The van der Waals surface area contributed by atoms with Crippen molar-refractivity contribution in [3.05, 3.63) is 46.5 Å². The molecule has 3 aromatic rings. The largest absolute Gasteiger partial charge is 0.462 e. The molecule has 2 aromatic heterocycles. The maximum atomic E-state index is 13.0. The van der Waals surface area contributed by atoms with Crippen molar-refractivity contribution < 1.29 is 23.2 Å². The Morgan fingerprint density at radius 1 is 1.25 bits per heavy atom. The molecule has 0 unspecified atom stereocenters. The van der Waals surface area contributed by atoms with E-state index in [0.29, 0.717) is 27.1 Å². The monoisotopic (exact) mass is 404 g/mol. The lowest BCUT2D eigenvalue weighted by atomic mass is 10.2. The number of anilines is 1. The highest BCUT2D eigenvalue weighted by Gasteiger charge is 2.18. The molecule has 0 saturated heterocycles. The molecule has 0 saturated carbocycles. The van der Waals surface area contributed by atoms with Gasteiger partial charge < -0.3 is 14.6 Å². The number of hydrogen-bond acceptors (Lipinski definition) is 8. The summed E-state index contributed by atoms with van der Waals surface area (Å²) in [5.41, 5.74) is 1.12. The number of esters is 1. The normalized spacial score (nSPS) is 10.7. The fourth-order valence-corrected chi connectivity index (χ4v) is 3.19. The van der Waals surface area contributed by atoms with Crippen molar-refractivity contribution in [2.45, 2.75) is 26.7 Å². The van der Waals surface area contributed by atoms with Crippen LogP contribution in [0.1, 0.15) is 34.6 Å². The van der Waals surface area contributed by atoms with Crippen LogP contribution in [-0.2, 0) is 16.0 Å². The van der Waals surface area contributed by atoms with Crippen molar-refractivity contribution in [3.63, 3.8) is 0 Å². The van der Waals surface area contributed by atoms with Gasteiger partial charge in [0.2, 0.25) is 17.6 Å². The lowest BCUT2D eigenvalue weighted by Gasteiger charge is -1.99. The fourth-order valence-electron chi connectivity index (χ4n) is 2.31. The number of aromatic nitrogens is 3. The Morgan fingerprint density at radius 3 is 2.71 bits per heavy atom. The van der Waals surface area contributed by atoms with Crippen molar-refractivity contribution in [1.29, 1.82) is 0 Å². The number of rotatable bonds is 7. The molecule has 0 aliphatic carbocycles. The summed E-state index contributed by atoms with van der Waals surface area (Å²) < 4.78 is 23.0. The Bertz CT molecular complexity index is 984. The molecule has 0 spiro atoms. The number of carbonyl (C=O) groups excluding carboxylic acids is 2. The summed E-state index contributed by atoms with van der Waals surface area (Å²) in [6, 6.07) is 5.70. The summed E-state index contributed by atoms with van der Waals surface area (Å²) in [5.74, 6) is -0.502. The topological polar surface area (TPSA) is 107 Å². The van der Waals surface area contributed by atoms with E-state index in [1.165, 1.54) is 12.1 Å². The first-order valence-electron chi connectivity index (χ1n) is 8.49. The van der Waals surface area contributed by atoms with Crippen LogP contribution in [0.15, 0.2) is 28.8 Å². The Morgan fingerprint density at radius 2 is 2.00 bits per heavy atom. The molecule has 0 fully saturated rings. The van der Waals surface area contributed by atoms with E-state index in [-0.39, 0.29) is 37.1 Å². The van der Waals surface area contributed by atoms with E-state index in [0.717, 1.165) is 11.3 Å². The van der Waals surface area contributed by atoms with E-state index in [9.17, 15) is 14.0 Å². The third-order valence-corrected chi connectivity index (χ3v) is 4.69. The quantitative estimate of drug-likeness (QED) is 0.602. The Hall–Kier alpha value is -3.14. The number of aryl methyl sites for hydroxylation is 2. The third kappa shape index (κ3) is 4.77. The molecule has 8 nitrogen and oxygen atoms in total. The first-order valence-corrected chi connectivity index (χ1v) is 9.31. The van der Waals surface area contributed by atoms with E-state index < -0.39 is 5.97 Å². The van der Waals surface area contributed by atoms with Gasteiger partial charge in [0.15, 0.2) is 5.13 Å². The number of ether oxygens (including phenoxy) is 1. The lowest BCUT2D eigenvalue weighted by molar-refractivity contribution is -0.116. The second kappa shape index (κ2) is 8.70. The average Bonchev–Trinajstić information content (AvgIpc) is 3.27. The van der Waals surface area contributed by atoms with Gasteiger partial charge >= 0.3 is 5.97 Å². The minimum atomic E-state index is -0.461. The second-order valence-corrected chi connectivity index (χ2v) is 6.72. The molecule has 1 N–H and O–H groups in total. The molecule has 0 bridgehead atoms. The van der Waals surface area contributed by atoms with Crippen LogP contribution in [0.2, 0.25) is 0 Å². The summed E-state index contributed by atoms with van der Waals surface area (Å²) >= 11 is 1.06. The molecular formula is C18H17FN4O4S. The molecule has 0 atom stereocenters. The van der Waals surface area contributed by atoms with Crippen LogP contribution in [0.3, 0.4) is 0 Å². The third-order valence-electron chi connectivity index (χ3n) is 3.64. The highest BCUT2D eigenvalue weighted by atomic mass is 32.1. The predicted octanol–water partition coefficient (Wildman–Crippen LogP) is 3.39. The van der Waals surface area contributed by atoms with Gasteiger partial charge in [-0.2, -0.15) is 4.98 Å². The lowest BCUT2D eigenvalue weighted by Crippen LogP contribution is -2.12. The minimum absolute atomic E-state index is 0.0957. The van der Waals surface area contributed by atoms with Crippen molar-refractivity contribution in [1.82, 2.24) is 15.1 Å². The average molecular weight is 404 g/mol. The highest BCUT2D eigenvalue weighted by Crippen LogP contribution is 2.23. The molecule has 0 radical (unpaired) electrons. The number of amides is 1. The Kier molecular flexibility index (Phi) is 6.09. The van der Waals surface area contributed by atoms with E-state index in [2.05, 4.69) is 20.4 Å². The summed E-state index contributed by atoms with van der Waals surface area (Å²) in [7, 11) is 0. The van der Waals surface area contributed by atoms with Gasteiger partial charge in [-0.3, -0.25) is 4.79 Å². The maximum absolute atomic E-state index is 13.0. The van der Waals surface area contributed by atoms with Gasteiger partial charge in [0.1, 0.15) is 10.7 Å². The van der Waals surface area contributed by atoms with Crippen LogP contribution < -0.4 is 5.32 Å².